The van der Waals surface area contributed by atoms with Crippen molar-refractivity contribution < 1.29 is 19.4 Å². The van der Waals surface area contributed by atoms with Crippen LogP contribution in [0, 0.1) is 6.92 Å². The summed E-state index contributed by atoms with van der Waals surface area (Å²) in [4.78, 5) is 28.8. The number of hydrogen-bond donors (Lipinski definition) is 2. The molecule has 3 aromatic rings. The lowest BCUT2D eigenvalue weighted by Crippen LogP contribution is -2.41. The van der Waals surface area contributed by atoms with Crippen LogP contribution < -0.4 is 10.1 Å². The van der Waals surface area contributed by atoms with E-state index in [-0.39, 0.29) is 0 Å². The van der Waals surface area contributed by atoms with Gasteiger partial charge in [-0.3, -0.25) is 9.78 Å². The van der Waals surface area contributed by atoms with Crippen molar-refractivity contribution in [2.24, 2.45) is 0 Å². The molecule has 7 heteroatoms. The molecule has 6 nitrogen and oxygen atoms in total. The lowest BCUT2D eigenvalue weighted by Gasteiger charge is -2.18. The van der Waals surface area contributed by atoms with Gasteiger partial charge in [-0.1, -0.05) is 30.3 Å². The molecule has 0 spiro atoms. The number of aliphatic carboxylic acids is 1. The third-order valence-electron chi connectivity index (χ3n) is 5.02. The molecule has 0 aliphatic rings. The van der Waals surface area contributed by atoms with E-state index >= 15 is 0 Å². The highest BCUT2D eigenvalue weighted by molar-refractivity contribution is 7.98. The van der Waals surface area contributed by atoms with Crippen LogP contribution in [0.25, 0.3) is 11.1 Å². The first kappa shape index (κ1) is 23.3. The Morgan fingerprint density at radius 1 is 1.12 bits per heavy atom. The summed E-state index contributed by atoms with van der Waals surface area (Å²) in [5.41, 5.74) is 3.99. The molecule has 32 heavy (non-hydrogen) atoms. The summed E-state index contributed by atoms with van der Waals surface area (Å²) < 4.78 is 5.81. The molecule has 1 amide bonds. The number of carbonyl (C=O) groups excluding carboxylic acids is 1. The maximum atomic E-state index is 13.1. The minimum Gasteiger partial charge on any atom is -0.487 e. The van der Waals surface area contributed by atoms with E-state index in [1.165, 1.54) is 0 Å². The fourth-order valence-corrected chi connectivity index (χ4v) is 3.78. The van der Waals surface area contributed by atoms with Gasteiger partial charge in [-0.2, -0.15) is 11.8 Å². The Morgan fingerprint density at radius 2 is 1.94 bits per heavy atom. The normalized spacial score (nSPS) is 11.6. The van der Waals surface area contributed by atoms with Crippen LogP contribution in [0.5, 0.6) is 5.75 Å². The number of aryl methyl sites for hydroxylation is 1. The summed E-state index contributed by atoms with van der Waals surface area (Å²) in [6.07, 6.45) is 5.59. The third kappa shape index (κ3) is 6.11. The first-order chi connectivity index (χ1) is 15.5. The molecule has 0 bridgehead atoms. The zero-order valence-electron chi connectivity index (χ0n) is 18.1. The summed E-state index contributed by atoms with van der Waals surface area (Å²) >= 11 is 1.54. The Labute approximate surface area is 192 Å². The van der Waals surface area contributed by atoms with Crippen molar-refractivity contribution in [3.63, 3.8) is 0 Å². The highest BCUT2D eigenvalue weighted by Crippen LogP contribution is 2.29. The fraction of sp³-hybridized carbons (Fsp3) is 0.240. The Bertz CT molecular complexity index is 1070. The van der Waals surface area contributed by atoms with E-state index in [4.69, 9.17) is 4.74 Å². The van der Waals surface area contributed by atoms with Crippen molar-refractivity contribution >= 4 is 23.6 Å². The number of aromatic nitrogens is 1. The summed E-state index contributed by atoms with van der Waals surface area (Å²) in [7, 11) is 0. The summed E-state index contributed by atoms with van der Waals surface area (Å²) in [6.45, 7) is 2.30. The SMILES string of the molecule is CSCCC(NC(=O)c1ccc(COc2cccnc2)cc1-c1ccccc1C)C(=O)O. The molecule has 1 heterocycles. The lowest BCUT2D eigenvalue weighted by molar-refractivity contribution is -0.139. The van der Waals surface area contributed by atoms with Crippen molar-refractivity contribution in [1.82, 2.24) is 10.3 Å². The van der Waals surface area contributed by atoms with Gasteiger partial charge in [-0.25, -0.2) is 4.79 Å². The molecule has 0 aliphatic heterocycles. The average molecular weight is 451 g/mol. The van der Waals surface area contributed by atoms with Crippen molar-refractivity contribution in [2.75, 3.05) is 12.0 Å². The Kier molecular flexibility index (Phi) is 8.27. The second kappa shape index (κ2) is 11.3. The number of ether oxygens (including phenoxy) is 1. The number of carboxylic acids is 1. The molecule has 0 fully saturated rings. The predicted molar refractivity (Wildman–Crippen MR) is 127 cm³/mol. The van der Waals surface area contributed by atoms with Crippen LogP contribution >= 0.6 is 11.8 Å². The van der Waals surface area contributed by atoms with Crippen molar-refractivity contribution in [3.8, 4) is 16.9 Å². The molecule has 1 aromatic heterocycles. The van der Waals surface area contributed by atoms with Gasteiger partial charge in [0.1, 0.15) is 18.4 Å². The van der Waals surface area contributed by atoms with Gasteiger partial charge in [0.2, 0.25) is 0 Å². The topological polar surface area (TPSA) is 88.5 Å². The zero-order chi connectivity index (χ0) is 22.9. The van der Waals surface area contributed by atoms with E-state index < -0.39 is 17.9 Å². The molecule has 3 rings (SSSR count). The van der Waals surface area contributed by atoms with E-state index in [2.05, 4.69) is 10.3 Å². The predicted octanol–water partition coefficient (Wildman–Crippen LogP) is 4.57. The number of hydrogen-bond acceptors (Lipinski definition) is 5. The fourth-order valence-electron chi connectivity index (χ4n) is 3.31. The Hall–Kier alpha value is -3.32. The largest absolute Gasteiger partial charge is 0.487 e. The quantitative estimate of drug-likeness (QED) is 0.470. The van der Waals surface area contributed by atoms with Gasteiger partial charge >= 0.3 is 5.97 Å². The van der Waals surface area contributed by atoms with E-state index in [1.54, 1.807) is 36.3 Å². The highest BCUT2D eigenvalue weighted by Gasteiger charge is 2.22. The number of nitrogens with one attached hydrogen (secondary N) is 1. The van der Waals surface area contributed by atoms with E-state index in [9.17, 15) is 14.7 Å². The smallest absolute Gasteiger partial charge is 0.326 e. The van der Waals surface area contributed by atoms with Gasteiger partial charge in [-0.15, -0.1) is 0 Å². The van der Waals surface area contributed by atoms with Crippen LogP contribution in [0.4, 0.5) is 0 Å². The van der Waals surface area contributed by atoms with Crippen molar-refractivity contribution in [3.05, 3.63) is 83.7 Å². The number of carboxylic acid groups (broad SMARTS) is 1. The Morgan fingerprint density at radius 3 is 2.62 bits per heavy atom. The van der Waals surface area contributed by atoms with Gasteiger partial charge in [0.05, 0.1) is 6.20 Å². The van der Waals surface area contributed by atoms with E-state index in [0.717, 1.165) is 22.3 Å². The molecule has 0 radical (unpaired) electrons. The van der Waals surface area contributed by atoms with E-state index in [0.29, 0.717) is 30.1 Å². The number of thioether (sulfide) groups is 1. The molecule has 0 saturated heterocycles. The summed E-state index contributed by atoms with van der Waals surface area (Å²) in [6, 6.07) is 16.0. The van der Waals surface area contributed by atoms with Crippen LogP contribution in [-0.4, -0.2) is 40.0 Å². The molecule has 1 unspecified atom stereocenters. The first-order valence-corrected chi connectivity index (χ1v) is 11.6. The molecule has 166 valence electrons. The van der Waals surface area contributed by atoms with Crippen LogP contribution in [0.3, 0.4) is 0 Å². The van der Waals surface area contributed by atoms with Gasteiger partial charge in [0.15, 0.2) is 0 Å². The summed E-state index contributed by atoms with van der Waals surface area (Å²) in [5, 5.41) is 12.2. The van der Waals surface area contributed by atoms with Crippen LogP contribution in [0.2, 0.25) is 0 Å². The van der Waals surface area contributed by atoms with Crippen LogP contribution in [0.1, 0.15) is 27.9 Å². The lowest BCUT2D eigenvalue weighted by atomic mass is 9.93. The van der Waals surface area contributed by atoms with Crippen molar-refractivity contribution in [1.29, 1.82) is 0 Å². The van der Waals surface area contributed by atoms with Crippen molar-refractivity contribution in [2.45, 2.75) is 26.0 Å². The van der Waals surface area contributed by atoms with Gasteiger partial charge < -0.3 is 15.2 Å². The number of benzene rings is 2. The maximum absolute atomic E-state index is 13.1. The standard InChI is InChI=1S/C25H26N2O4S/c1-17-6-3-4-8-20(17)22-14-18(16-31-19-7-5-12-26-15-19)9-10-21(22)24(28)27-23(25(29)30)11-13-32-2/h3-10,12,14-15,23H,11,13,16H2,1-2H3,(H,27,28)(H,29,30). The van der Waals surface area contributed by atoms with E-state index in [1.807, 2.05) is 55.6 Å². The van der Waals surface area contributed by atoms with Crippen LogP contribution in [0.15, 0.2) is 67.0 Å². The maximum Gasteiger partial charge on any atom is 0.326 e. The summed E-state index contributed by atoms with van der Waals surface area (Å²) in [5.74, 6) is -0.139. The molecule has 2 N–H and O–H groups in total. The number of nitrogens with zero attached hydrogens (tertiary/aromatic N) is 1. The molecule has 0 saturated carbocycles. The second-order valence-electron chi connectivity index (χ2n) is 7.32. The third-order valence-corrected chi connectivity index (χ3v) is 5.66. The number of pyridine rings is 1. The zero-order valence-corrected chi connectivity index (χ0v) is 18.9. The average Bonchev–Trinajstić information content (AvgIpc) is 2.81. The van der Waals surface area contributed by atoms with Crippen LogP contribution in [-0.2, 0) is 11.4 Å². The number of amides is 1. The minimum atomic E-state index is -1.04. The van der Waals surface area contributed by atoms with Gasteiger partial charge in [0, 0.05) is 11.8 Å². The number of rotatable bonds is 10. The number of carbonyl (C=O) groups is 2. The second-order valence-corrected chi connectivity index (χ2v) is 8.30. The van der Waals surface area contributed by atoms with Gasteiger partial charge in [0.25, 0.3) is 5.91 Å². The molecular formula is C25H26N2O4S. The minimum absolute atomic E-state index is 0.317. The molecule has 1 atom stereocenters. The molecular weight excluding hydrogens is 424 g/mol. The monoisotopic (exact) mass is 450 g/mol. The molecule has 0 aliphatic carbocycles. The Balaban J connectivity index is 1.91. The van der Waals surface area contributed by atoms with Gasteiger partial charge in [-0.05, 0) is 71.9 Å². The first-order valence-electron chi connectivity index (χ1n) is 10.2. The molecule has 2 aromatic carbocycles. The highest BCUT2D eigenvalue weighted by atomic mass is 32.2.